The summed E-state index contributed by atoms with van der Waals surface area (Å²) in [6, 6.07) is 27.8. The van der Waals surface area contributed by atoms with E-state index in [1.54, 1.807) is 30.3 Å². The fourth-order valence-electron chi connectivity index (χ4n) is 4.90. The second kappa shape index (κ2) is 12.8. The van der Waals surface area contributed by atoms with Crippen molar-refractivity contribution in [3.8, 4) is 16.9 Å². The highest BCUT2D eigenvalue weighted by molar-refractivity contribution is 7.88. The number of ether oxygens (including phenoxy) is 2. The second-order valence-corrected chi connectivity index (χ2v) is 11.5. The molecular weight excluding hydrogens is 599 g/mol. The second-order valence-electron chi connectivity index (χ2n) is 9.95. The molecule has 4 aromatic rings. The maximum atomic E-state index is 13.1. The van der Waals surface area contributed by atoms with Crippen LogP contribution >= 0.6 is 0 Å². The first-order chi connectivity index (χ1) is 21.0. The van der Waals surface area contributed by atoms with Crippen LogP contribution in [0.15, 0.2) is 103 Å². The first-order valence-corrected chi connectivity index (χ1v) is 14.8. The van der Waals surface area contributed by atoms with Crippen molar-refractivity contribution >= 4 is 22.2 Å². The van der Waals surface area contributed by atoms with E-state index in [9.17, 15) is 31.2 Å². The highest BCUT2D eigenvalue weighted by Gasteiger charge is 2.48. The fraction of sp³-hybridized carbons (Fsp3) is 0.188. The zero-order chi connectivity index (χ0) is 31.3. The minimum atomic E-state index is -5.85. The summed E-state index contributed by atoms with van der Waals surface area (Å²) in [6.45, 7) is -0.0595. The molecule has 5 rings (SSSR count). The van der Waals surface area contributed by atoms with Gasteiger partial charge in [-0.05, 0) is 45.5 Å². The number of rotatable bonds is 10. The minimum Gasteiger partial charge on any atom is -0.459 e. The number of amides is 1. The SMILES string of the molecule is O=C(NC(Cc1ccc(OS(=O)(=O)C(F)(F)F)cc1)C(=O)OCc1ccccc1)OCC1c2ccccc2-c2ccccc21. The Morgan fingerprint density at radius 3 is 1.91 bits per heavy atom. The molecule has 0 saturated carbocycles. The van der Waals surface area contributed by atoms with E-state index in [1.165, 1.54) is 12.1 Å². The molecule has 1 aliphatic carbocycles. The van der Waals surface area contributed by atoms with Crippen LogP contribution in [-0.4, -0.2) is 38.6 Å². The lowest BCUT2D eigenvalue weighted by Crippen LogP contribution is -2.43. The average Bonchev–Trinajstić information content (AvgIpc) is 3.33. The van der Waals surface area contributed by atoms with Crippen LogP contribution in [0.2, 0.25) is 0 Å². The van der Waals surface area contributed by atoms with Gasteiger partial charge in [0, 0.05) is 12.3 Å². The molecule has 0 fully saturated rings. The highest BCUT2D eigenvalue weighted by atomic mass is 32.2. The van der Waals surface area contributed by atoms with E-state index in [4.69, 9.17) is 9.47 Å². The summed E-state index contributed by atoms with van der Waals surface area (Å²) in [5.74, 6) is -1.56. The zero-order valence-electron chi connectivity index (χ0n) is 23.0. The Kier molecular flexibility index (Phi) is 8.91. The number of fused-ring (bicyclic) bond motifs is 3. The Morgan fingerprint density at radius 1 is 0.750 bits per heavy atom. The van der Waals surface area contributed by atoms with E-state index in [1.807, 2.05) is 48.5 Å². The number of nitrogens with one attached hydrogen (secondary N) is 1. The summed E-state index contributed by atoms with van der Waals surface area (Å²) in [4.78, 5) is 26.1. The van der Waals surface area contributed by atoms with Gasteiger partial charge in [-0.1, -0.05) is 91.0 Å². The van der Waals surface area contributed by atoms with Gasteiger partial charge in [0.2, 0.25) is 0 Å². The summed E-state index contributed by atoms with van der Waals surface area (Å²) in [5.41, 5.74) is -0.377. The number of hydrogen-bond donors (Lipinski definition) is 1. The average molecular weight is 626 g/mol. The van der Waals surface area contributed by atoms with Crippen LogP contribution in [0.1, 0.15) is 28.2 Å². The summed E-state index contributed by atoms with van der Waals surface area (Å²) in [7, 11) is -5.85. The Hall–Kier alpha value is -4.84. The molecule has 44 heavy (non-hydrogen) atoms. The molecule has 8 nitrogen and oxygen atoms in total. The van der Waals surface area contributed by atoms with Gasteiger partial charge in [-0.15, -0.1) is 0 Å². The van der Waals surface area contributed by atoms with E-state index < -0.39 is 39.5 Å². The van der Waals surface area contributed by atoms with Crippen LogP contribution in [0.5, 0.6) is 5.75 Å². The quantitative estimate of drug-likeness (QED) is 0.129. The molecule has 0 heterocycles. The fourth-order valence-corrected chi connectivity index (χ4v) is 5.35. The predicted molar refractivity (Wildman–Crippen MR) is 154 cm³/mol. The maximum Gasteiger partial charge on any atom is 0.534 e. The third kappa shape index (κ3) is 7.03. The molecule has 0 spiro atoms. The minimum absolute atomic E-state index is 0.00532. The van der Waals surface area contributed by atoms with E-state index >= 15 is 0 Å². The third-order valence-corrected chi connectivity index (χ3v) is 7.98. The molecule has 0 bridgehead atoms. The van der Waals surface area contributed by atoms with Crippen molar-refractivity contribution in [3.05, 3.63) is 125 Å². The molecule has 0 radical (unpaired) electrons. The van der Waals surface area contributed by atoms with Crippen molar-refractivity contribution in [2.45, 2.75) is 30.5 Å². The Bertz CT molecular complexity index is 1700. The monoisotopic (exact) mass is 625 g/mol. The molecule has 0 aliphatic heterocycles. The number of alkyl halides is 3. The highest BCUT2D eigenvalue weighted by Crippen LogP contribution is 2.44. The lowest BCUT2D eigenvalue weighted by atomic mass is 9.98. The van der Waals surface area contributed by atoms with Gasteiger partial charge in [0.25, 0.3) is 0 Å². The molecule has 0 saturated heterocycles. The van der Waals surface area contributed by atoms with Crippen molar-refractivity contribution in [2.75, 3.05) is 6.61 Å². The van der Waals surface area contributed by atoms with E-state index in [0.29, 0.717) is 11.1 Å². The number of carbonyl (C=O) groups excluding carboxylic acids is 2. The molecule has 12 heteroatoms. The number of alkyl carbamates (subject to hydrolysis) is 1. The van der Waals surface area contributed by atoms with Crippen molar-refractivity contribution in [3.63, 3.8) is 0 Å². The normalized spacial score (nSPS) is 13.3. The summed E-state index contributed by atoms with van der Waals surface area (Å²) in [5, 5.41) is 2.53. The molecular formula is C32H26F3NO7S. The number of esters is 1. The van der Waals surface area contributed by atoms with Crippen LogP contribution in [0, 0.1) is 0 Å². The van der Waals surface area contributed by atoms with Crippen LogP contribution in [0.25, 0.3) is 11.1 Å². The van der Waals surface area contributed by atoms with Gasteiger partial charge in [0.15, 0.2) is 0 Å². The van der Waals surface area contributed by atoms with Crippen molar-refractivity contribution < 1.29 is 44.8 Å². The molecule has 0 aromatic heterocycles. The van der Waals surface area contributed by atoms with E-state index in [2.05, 4.69) is 9.50 Å². The molecule has 1 aliphatic rings. The van der Waals surface area contributed by atoms with Gasteiger partial charge in [0.1, 0.15) is 25.0 Å². The first kappa shape index (κ1) is 30.6. The van der Waals surface area contributed by atoms with E-state index in [-0.39, 0.29) is 25.6 Å². The number of hydrogen-bond acceptors (Lipinski definition) is 7. The van der Waals surface area contributed by atoms with Gasteiger partial charge < -0.3 is 19.0 Å². The third-order valence-electron chi connectivity index (χ3n) is 7.00. The van der Waals surface area contributed by atoms with Crippen molar-refractivity contribution in [2.24, 2.45) is 0 Å². The van der Waals surface area contributed by atoms with Crippen molar-refractivity contribution in [1.29, 1.82) is 0 Å². The molecule has 1 N–H and O–H groups in total. The van der Waals surface area contributed by atoms with Gasteiger partial charge >= 0.3 is 27.7 Å². The van der Waals surface area contributed by atoms with Crippen molar-refractivity contribution in [1.82, 2.24) is 5.32 Å². The van der Waals surface area contributed by atoms with Crippen LogP contribution < -0.4 is 9.50 Å². The van der Waals surface area contributed by atoms with Crippen LogP contribution in [0.3, 0.4) is 0 Å². The smallest absolute Gasteiger partial charge is 0.459 e. The maximum absolute atomic E-state index is 13.1. The van der Waals surface area contributed by atoms with Gasteiger partial charge in [0.05, 0.1) is 0 Å². The topological polar surface area (TPSA) is 108 Å². The first-order valence-electron chi connectivity index (χ1n) is 13.4. The van der Waals surface area contributed by atoms with Gasteiger partial charge in [-0.2, -0.15) is 21.6 Å². The Labute approximate surface area is 251 Å². The summed E-state index contributed by atoms with van der Waals surface area (Å²) < 4.78 is 75.7. The lowest BCUT2D eigenvalue weighted by Gasteiger charge is -2.19. The molecule has 4 aromatic carbocycles. The zero-order valence-corrected chi connectivity index (χ0v) is 23.8. The largest absolute Gasteiger partial charge is 0.534 e. The molecule has 1 atom stereocenters. The van der Waals surface area contributed by atoms with Crippen LogP contribution in [-0.2, 0) is 37.4 Å². The number of carbonyl (C=O) groups is 2. The number of halogens is 3. The molecule has 228 valence electrons. The Morgan fingerprint density at radius 2 is 1.32 bits per heavy atom. The standard InChI is InChI=1S/C32H26F3NO7S/c33-32(34,35)44(39,40)43-23-16-14-21(15-17-23)18-29(30(37)41-19-22-8-2-1-3-9-22)36-31(38)42-20-28-26-12-6-4-10-24(26)25-11-5-7-13-27(25)28/h1-17,28-29H,18-20H2,(H,36,38). The molecule has 1 unspecified atom stereocenters. The Balaban J connectivity index is 1.28. The summed E-state index contributed by atoms with van der Waals surface area (Å²) >= 11 is 0. The molecule has 1 amide bonds. The number of benzene rings is 4. The van der Waals surface area contributed by atoms with Gasteiger partial charge in [-0.25, -0.2) is 9.59 Å². The summed E-state index contributed by atoms with van der Waals surface area (Å²) in [6.07, 6.45) is -1.01. The lowest BCUT2D eigenvalue weighted by molar-refractivity contribution is -0.147. The van der Waals surface area contributed by atoms with Crippen LogP contribution in [0.4, 0.5) is 18.0 Å². The predicted octanol–water partition coefficient (Wildman–Crippen LogP) is 6.11. The van der Waals surface area contributed by atoms with Gasteiger partial charge in [-0.3, -0.25) is 0 Å². The van der Waals surface area contributed by atoms with E-state index in [0.717, 1.165) is 34.4 Å².